The highest BCUT2D eigenvalue weighted by molar-refractivity contribution is 7.99. The lowest BCUT2D eigenvalue weighted by molar-refractivity contribution is -0.124. The number of nitrogens with zero attached hydrogens (tertiary/aromatic N) is 1. The van der Waals surface area contributed by atoms with Crippen molar-refractivity contribution in [1.29, 1.82) is 0 Å². The van der Waals surface area contributed by atoms with Crippen molar-refractivity contribution < 1.29 is 9.59 Å². The number of thioether (sulfide) groups is 1. The molecule has 8 heteroatoms. The van der Waals surface area contributed by atoms with Gasteiger partial charge in [-0.1, -0.05) is 23.7 Å². The highest BCUT2D eigenvalue weighted by atomic mass is 35.5. The first kappa shape index (κ1) is 21.4. The predicted molar refractivity (Wildman–Crippen MR) is 114 cm³/mol. The fourth-order valence-corrected chi connectivity index (χ4v) is 4.03. The fraction of sp³-hybridized carbons (Fsp3) is 0.263. The van der Waals surface area contributed by atoms with Gasteiger partial charge in [-0.15, -0.1) is 24.2 Å². The second kappa shape index (κ2) is 9.88. The van der Waals surface area contributed by atoms with E-state index in [1.807, 2.05) is 24.3 Å². The van der Waals surface area contributed by atoms with Crippen LogP contribution in [0.1, 0.15) is 15.9 Å². The molecule has 144 valence electrons. The fourth-order valence-electron chi connectivity index (χ4n) is 2.75. The molecule has 1 saturated heterocycles. The van der Waals surface area contributed by atoms with Crippen molar-refractivity contribution >= 4 is 53.3 Å². The summed E-state index contributed by atoms with van der Waals surface area (Å²) in [4.78, 5) is 26.8. The second-order valence-corrected chi connectivity index (χ2v) is 7.52. The number of amides is 2. The van der Waals surface area contributed by atoms with Gasteiger partial charge in [0.1, 0.15) is 6.04 Å². The van der Waals surface area contributed by atoms with Crippen LogP contribution in [0.3, 0.4) is 0 Å². The van der Waals surface area contributed by atoms with Crippen molar-refractivity contribution in [2.24, 2.45) is 0 Å². The average Bonchev–Trinajstić information content (AvgIpc) is 3.13. The maximum atomic E-state index is 12.7. The molecule has 1 aliphatic rings. The van der Waals surface area contributed by atoms with Gasteiger partial charge in [-0.3, -0.25) is 9.59 Å². The second-order valence-electron chi connectivity index (χ2n) is 6.08. The molecule has 0 aliphatic carbocycles. The molecule has 0 radical (unpaired) electrons. The van der Waals surface area contributed by atoms with Crippen molar-refractivity contribution in [3.8, 4) is 0 Å². The molecule has 0 saturated carbocycles. The molecular formula is C19H21Cl2N3O2S. The minimum Gasteiger partial charge on any atom is -0.399 e. The van der Waals surface area contributed by atoms with Crippen molar-refractivity contribution in [3.63, 3.8) is 0 Å². The van der Waals surface area contributed by atoms with Crippen LogP contribution in [0.2, 0.25) is 5.02 Å². The van der Waals surface area contributed by atoms with Gasteiger partial charge < -0.3 is 16.0 Å². The van der Waals surface area contributed by atoms with Gasteiger partial charge in [-0.05, 0) is 48.4 Å². The third-order valence-corrected chi connectivity index (χ3v) is 5.49. The summed E-state index contributed by atoms with van der Waals surface area (Å²) in [5, 5.41) is 3.51. The van der Waals surface area contributed by atoms with Crippen molar-refractivity contribution in [3.05, 3.63) is 64.7 Å². The number of nitrogen functional groups attached to an aromatic ring is 1. The molecule has 3 rings (SSSR count). The molecule has 3 N–H and O–H groups in total. The lowest BCUT2D eigenvalue weighted by Crippen LogP contribution is -2.47. The third-order valence-electron chi connectivity index (χ3n) is 4.23. The van der Waals surface area contributed by atoms with Crippen LogP contribution in [0.15, 0.2) is 48.5 Å². The van der Waals surface area contributed by atoms with Crippen LogP contribution in [0.5, 0.6) is 0 Å². The van der Waals surface area contributed by atoms with E-state index in [4.69, 9.17) is 17.3 Å². The number of nitrogens with one attached hydrogen (secondary N) is 1. The van der Waals surface area contributed by atoms with Crippen LogP contribution in [0, 0.1) is 0 Å². The number of carbonyl (C=O) groups excluding carboxylic acids is 2. The molecule has 2 aromatic rings. The van der Waals surface area contributed by atoms with E-state index in [0.717, 1.165) is 17.7 Å². The summed E-state index contributed by atoms with van der Waals surface area (Å²) in [6.07, 6.45) is 0.719. The standard InChI is InChI=1S/C19H20ClN3O2S.ClH/c20-15-5-3-14(4-6-15)19(25)23-12-26-11-17(23)18(24)22-10-9-13-1-7-16(21)8-2-13;/h1-8,17H,9-12,21H2,(H,22,24);1H. The van der Waals surface area contributed by atoms with Crippen LogP contribution >= 0.6 is 35.8 Å². The van der Waals surface area contributed by atoms with E-state index in [1.165, 1.54) is 0 Å². The van der Waals surface area contributed by atoms with E-state index in [-0.39, 0.29) is 24.2 Å². The first-order valence-corrected chi connectivity index (χ1v) is 9.84. The molecule has 1 aliphatic heterocycles. The van der Waals surface area contributed by atoms with Gasteiger partial charge in [0.15, 0.2) is 0 Å². The van der Waals surface area contributed by atoms with Crippen LogP contribution in [0.25, 0.3) is 0 Å². The maximum absolute atomic E-state index is 12.7. The van der Waals surface area contributed by atoms with Gasteiger partial charge in [-0.25, -0.2) is 0 Å². The Kier molecular flexibility index (Phi) is 7.83. The summed E-state index contributed by atoms with van der Waals surface area (Å²) in [6, 6.07) is 13.9. The zero-order valence-electron chi connectivity index (χ0n) is 14.6. The van der Waals surface area contributed by atoms with E-state index >= 15 is 0 Å². The molecule has 0 aromatic heterocycles. The molecule has 1 fully saturated rings. The number of hydrogen-bond acceptors (Lipinski definition) is 4. The SMILES string of the molecule is Cl.Nc1ccc(CCNC(=O)C2CSCN2C(=O)c2ccc(Cl)cc2)cc1. The van der Waals surface area contributed by atoms with Gasteiger partial charge in [0.2, 0.25) is 5.91 Å². The Labute approximate surface area is 174 Å². The lowest BCUT2D eigenvalue weighted by Gasteiger charge is -2.23. The average molecular weight is 426 g/mol. The molecule has 27 heavy (non-hydrogen) atoms. The van der Waals surface area contributed by atoms with Gasteiger partial charge in [0.25, 0.3) is 5.91 Å². The zero-order valence-corrected chi connectivity index (χ0v) is 16.9. The summed E-state index contributed by atoms with van der Waals surface area (Å²) in [5.41, 5.74) is 8.03. The molecule has 0 spiro atoms. The van der Waals surface area contributed by atoms with Crippen LogP contribution in [0.4, 0.5) is 5.69 Å². The summed E-state index contributed by atoms with van der Waals surface area (Å²) in [7, 11) is 0. The number of rotatable bonds is 5. The molecule has 2 aromatic carbocycles. The number of benzene rings is 2. The molecule has 2 amide bonds. The first-order valence-electron chi connectivity index (χ1n) is 8.31. The van der Waals surface area contributed by atoms with E-state index in [2.05, 4.69) is 5.32 Å². The Morgan fingerprint density at radius 3 is 2.48 bits per heavy atom. The van der Waals surface area contributed by atoms with Gasteiger partial charge in [-0.2, -0.15) is 0 Å². The maximum Gasteiger partial charge on any atom is 0.255 e. The normalized spacial score (nSPS) is 15.9. The van der Waals surface area contributed by atoms with E-state index in [9.17, 15) is 9.59 Å². The van der Waals surface area contributed by atoms with Crippen molar-refractivity contribution in [1.82, 2.24) is 10.2 Å². The van der Waals surface area contributed by atoms with Gasteiger partial charge in [0.05, 0.1) is 5.88 Å². The van der Waals surface area contributed by atoms with E-state index in [0.29, 0.717) is 28.8 Å². The molecule has 1 atom stereocenters. The monoisotopic (exact) mass is 425 g/mol. The number of halogens is 2. The number of carbonyl (C=O) groups is 2. The largest absolute Gasteiger partial charge is 0.399 e. The highest BCUT2D eigenvalue weighted by Crippen LogP contribution is 2.24. The summed E-state index contributed by atoms with van der Waals surface area (Å²) in [5.74, 6) is 0.850. The number of hydrogen-bond donors (Lipinski definition) is 2. The van der Waals surface area contributed by atoms with Gasteiger partial charge >= 0.3 is 0 Å². The molecule has 1 unspecified atom stereocenters. The Hall–Kier alpha value is -1.89. The molecule has 1 heterocycles. The summed E-state index contributed by atoms with van der Waals surface area (Å²) < 4.78 is 0. The first-order chi connectivity index (χ1) is 12.5. The lowest BCUT2D eigenvalue weighted by atomic mass is 10.1. The number of anilines is 1. The summed E-state index contributed by atoms with van der Waals surface area (Å²) in [6.45, 7) is 0.521. The van der Waals surface area contributed by atoms with E-state index < -0.39 is 6.04 Å². The Bertz CT molecular complexity index is 785. The minimum atomic E-state index is -0.449. The quantitative estimate of drug-likeness (QED) is 0.720. The summed E-state index contributed by atoms with van der Waals surface area (Å²) >= 11 is 7.45. The topological polar surface area (TPSA) is 75.4 Å². The van der Waals surface area contributed by atoms with Crippen molar-refractivity contribution in [2.75, 3.05) is 23.9 Å². The van der Waals surface area contributed by atoms with Crippen LogP contribution in [-0.4, -0.2) is 40.9 Å². The Morgan fingerprint density at radius 1 is 1.15 bits per heavy atom. The smallest absolute Gasteiger partial charge is 0.255 e. The van der Waals surface area contributed by atoms with E-state index in [1.54, 1.807) is 40.9 Å². The highest BCUT2D eigenvalue weighted by Gasteiger charge is 2.34. The number of nitrogens with two attached hydrogens (primary N) is 1. The third kappa shape index (κ3) is 5.54. The Morgan fingerprint density at radius 2 is 1.81 bits per heavy atom. The van der Waals surface area contributed by atoms with Crippen molar-refractivity contribution in [2.45, 2.75) is 12.5 Å². The minimum absolute atomic E-state index is 0. The molecule has 5 nitrogen and oxygen atoms in total. The molecule has 0 bridgehead atoms. The zero-order chi connectivity index (χ0) is 18.5. The van der Waals surface area contributed by atoms with Crippen LogP contribution < -0.4 is 11.1 Å². The van der Waals surface area contributed by atoms with Crippen LogP contribution in [-0.2, 0) is 11.2 Å². The van der Waals surface area contributed by atoms with Gasteiger partial charge in [0, 0.05) is 28.6 Å². The predicted octanol–water partition coefficient (Wildman–Crippen LogP) is 3.22. The Balaban J connectivity index is 0.00000261. The molecular weight excluding hydrogens is 405 g/mol.